The fraction of sp³-hybridized carbons (Fsp3) is 0. The number of H-pyrrole nitrogens is 1. The number of sulfonamides is 1. The molecule has 90 valence electrons. The molecule has 0 aromatic carbocycles. The summed E-state index contributed by atoms with van der Waals surface area (Å²) in [6, 6.07) is 1.45. The van der Waals surface area contributed by atoms with Gasteiger partial charge < -0.3 is 4.98 Å². The number of hydrogen-bond donors (Lipinski definition) is 2. The minimum atomic E-state index is -3.63. The van der Waals surface area contributed by atoms with E-state index >= 15 is 0 Å². The molecule has 0 spiro atoms. The molecular formula is C8H6Br2N4O2S. The number of aromatic nitrogens is 3. The Morgan fingerprint density at radius 1 is 1.35 bits per heavy atom. The first-order valence-corrected chi connectivity index (χ1v) is 7.39. The molecule has 0 amide bonds. The number of rotatable bonds is 3. The van der Waals surface area contributed by atoms with Gasteiger partial charge in [0.05, 0.1) is 6.20 Å². The van der Waals surface area contributed by atoms with Crippen LogP contribution in [0.2, 0.25) is 0 Å². The average Bonchev–Trinajstić information content (AvgIpc) is 2.76. The van der Waals surface area contributed by atoms with Gasteiger partial charge in [0.2, 0.25) is 0 Å². The van der Waals surface area contributed by atoms with Gasteiger partial charge in [0.25, 0.3) is 10.0 Å². The number of hydrogen-bond acceptors (Lipinski definition) is 4. The van der Waals surface area contributed by atoms with Crippen molar-refractivity contribution in [2.75, 3.05) is 4.72 Å². The first-order valence-electron chi connectivity index (χ1n) is 4.33. The largest absolute Gasteiger partial charge is 0.366 e. The van der Waals surface area contributed by atoms with E-state index in [9.17, 15) is 8.42 Å². The van der Waals surface area contributed by atoms with Gasteiger partial charge in [-0.3, -0.25) is 4.72 Å². The zero-order valence-corrected chi connectivity index (χ0v) is 12.2. The van der Waals surface area contributed by atoms with Gasteiger partial charge >= 0.3 is 0 Å². The molecule has 0 radical (unpaired) electrons. The molecule has 17 heavy (non-hydrogen) atoms. The van der Waals surface area contributed by atoms with Gasteiger partial charge in [0.15, 0.2) is 10.4 Å². The van der Waals surface area contributed by atoms with Gasteiger partial charge in [-0.05, 0) is 37.9 Å². The topological polar surface area (TPSA) is 87.7 Å². The molecule has 0 aliphatic carbocycles. The fourth-order valence-electron chi connectivity index (χ4n) is 1.08. The van der Waals surface area contributed by atoms with E-state index in [-0.39, 0.29) is 10.7 Å². The van der Waals surface area contributed by atoms with Gasteiger partial charge in [-0.15, -0.1) is 0 Å². The molecule has 0 saturated carbocycles. The van der Waals surface area contributed by atoms with Gasteiger partial charge in [-0.25, -0.2) is 18.4 Å². The molecule has 2 aromatic rings. The molecular weight excluding hydrogens is 376 g/mol. The number of halogens is 2. The van der Waals surface area contributed by atoms with Crippen molar-refractivity contribution in [2.45, 2.75) is 4.90 Å². The van der Waals surface area contributed by atoms with Crippen molar-refractivity contribution in [2.24, 2.45) is 0 Å². The quantitative estimate of drug-likeness (QED) is 0.852. The van der Waals surface area contributed by atoms with E-state index in [2.05, 4.69) is 51.5 Å². The van der Waals surface area contributed by atoms with E-state index < -0.39 is 10.0 Å². The van der Waals surface area contributed by atoms with Crippen LogP contribution >= 0.6 is 31.9 Å². The lowest BCUT2D eigenvalue weighted by Gasteiger charge is -2.06. The van der Waals surface area contributed by atoms with Crippen LogP contribution in [0.1, 0.15) is 0 Å². The second-order valence-electron chi connectivity index (χ2n) is 2.98. The summed E-state index contributed by atoms with van der Waals surface area (Å²) in [6.07, 6.45) is 4.30. The van der Waals surface area contributed by atoms with E-state index in [0.29, 0.717) is 9.21 Å². The number of anilines is 1. The molecule has 9 heteroatoms. The lowest BCUT2D eigenvalue weighted by atomic mass is 10.7. The van der Waals surface area contributed by atoms with Crippen LogP contribution in [0.3, 0.4) is 0 Å². The van der Waals surface area contributed by atoms with Crippen molar-refractivity contribution in [3.8, 4) is 0 Å². The van der Waals surface area contributed by atoms with E-state index in [1.807, 2.05) is 0 Å². The maximum absolute atomic E-state index is 11.9. The average molecular weight is 382 g/mol. The van der Waals surface area contributed by atoms with Crippen LogP contribution in [0, 0.1) is 0 Å². The van der Waals surface area contributed by atoms with Crippen molar-refractivity contribution in [3.05, 3.63) is 33.9 Å². The van der Waals surface area contributed by atoms with Crippen LogP contribution in [-0.4, -0.2) is 23.4 Å². The third-order valence-electron chi connectivity index (χ3n) is 1.81. The van der Waals surface area contributed by atoms with Crippen molar-refractivity contribution in [3.63, 3.8) is 0 Å². The van der Waals surface area contributed by atoms with Gasteiger partial charge in [0.1, 0.15) is 9.50 Å². The summed E-state index contributed by atoms with van der Waals surface area (Å²) >= 11 is 6.25. The van der Waals surface area contributed by atoms with Crippen molar-refractivity contribution < 1.29 is 8.42 Å². The Morgan fingerprint density at radius 2 is 2.12 bits per heavy atom. The van der Waals surface area contributed by atoms with Crippen LogP contribution in [0.4, 0.5) is 5.82 Å². The van der Waals surface area contributed by atoms with E-state index in [4.69, 9.17) is 0 Å². The third kappa shape index (κ3) is 2.85. The highest BCUT2D eigenvalue weighted by atomic mass is 79.9. The SMILES string of the molecule is O=S(=O)(Nc1ncc(Br)nc1Br)c1cc[nH]c1. The molecule has 0 bridgehead atoms. The highest BCUT2D eigenvalue weighted by molar-refractivity contribution is 9.11. The van der Waals surface area contributed by atoms with Crippen LogP contribution in [0.5, 0.6) is 0 Å². The zero-order chi connectivity index (χ0) is 12.5. The Bertz CT molecular complexity index is 627. The Labute approximate surface area is 114 Å². The molecule has 2 rings (SSSR count). The van der Waals surface area contributed by atoms with Crippen LogP contribution < -0.4 is 4.72 Å². The molecule has 0 saturated heterocycles. The maximum atomic E-state index is 11.9. The van der Waals surface area contributed by atoms with Gasteiger partial charge in [0, 0.05) is 12.4 Å². The monoisotopic (exact) mass is 380 g/mol. The summed E-state index contributed by atoms with van der Waals surface area (Å²) < 4.78 is 26.9. The van der Waals surface area contributed by atoms with Crippen LogP contribution in [-0.2, 0) is 10.0 Å². The molecule has 0 fully saturated rings. The molecule has 0 atom stereocenters. The molecule has 0 unspecified atom stereocenters. The molecule has 0 aliphatic heterocycles. The van der Waals surface area contributed by atoms with Gasteiger partial charge in [-0.1, -0.05) is 0 Å². The van der Waals surface area contributed by atoms with Crippen LogP contribution in [0.25, 0.3) is 0 Å². The number of aromatic amines is 1. The smallest absolute Gasteiger partial charge is 0.264 e. The standard InChI is InChI=1S/C8H6Br2N4O2S/c9-6-4-12-8(7(10)13-6)14-17(15,16)5-1-2-11-3-5/h1-4,11H,(H,12,14). The summed E-state index contributed by atoms with van der Waals surface area (Å²) in [5.41, 5.74) is 0. The first kappa shape index (κ1) is 12.5. The fourth-order valence-corrected chi connectivity index (χ4v) is 3.11. The Hall–Kier alpha value is -0.930. The van der Waals surface area contributed by atoms with Crippen molar-refractivity contribution in [1.29, 1.82) is 0 Å². The molecule has 2 N–H and O–H groups in total. The second kappa shape index (κ2) is 4.75. The third-order valence-corrected chi connectivity index (χ3v) is 4.08. The normalized spacial score (nSPS) is 11.4. The van der Waals surface area contributed by atoms with Crippen LogP contribution in [0.15, 0.2) is 38.8 Å². The Morgan fingerprint density at radius 3 is 2.71 bits per heavy atom. The zero-order valence-electron chi connectivity index (χ0n) is 8.18. The molecule has 0 aliphatic rings. The van der Waals surface area contributed by atoms with Gasteiger partial charge in [-0.2, -0.15) is 0 Å². The summed E-state index contributed by atoms with van der Waals surface area (Å²) in [6.45, 7) is 0. The molecule has 2 heterocycles. The number of nitrogens with zero attached hydrogens (tertiary/aromatic N) is 2. The van der Waals surface area contributed by atoms with Crippen molar-refractivity contribution >= 4 is 47.7 Å². The highest BCUT2D eigenvalue weighted by Gasteiger charge is 2.17. The summed E-state index contributed by atoms with van der Waals surface area (Å²) in [5, 5.41) is 0. The maximum Gasteiger partial charge on any atom is 0.264 e. The van der Waals surface area contributed by atoms with E-state index in [0.717, 1.165) is 0 Å². The first-order chi connectivity index (χ1) is 7.99. The highest BCUT2D eigenvalue weighted by Crippen LogP contribution is 2.22. The molecule has 6 nitrogen and oxygen atoms in total. The minimum Gasteiger partial charge on any atom is -0.366 e. The lowest BCUT2D eigenvalue weighted by Crippen LogP contribution is -2.14. The Kier molecular flexibility index (Phi) is 3.50. The van der Waals surface area contributed by atoms with E-state index in [1.165, 1.54) is 24.7 Å². The molecule has 2 aromatic heterocycles. The summed E-state index contributed by atoms with van der Waals surface area (Å²) in [7, 11) is -3.63. The predicted octanol–water partition coefficient (Wildman–Crippen LogP) is 2.13. The second-order valence-corrected chi connectivity index (χ2v) is 6.23. The minimum absolute atomic E-state index is 0.133. The number of nitrogens with one attached hydrogen (secondary N) is 2. The predicted molar refractivity (Wildman–Crippen MR) is 69.0 cm³/mol. The Balaban J connectivity index is 2.33. The van der Waals surface area contributed by atoms with E-state index in [1.54, 1.807) is 0 Å². The summed E-state index contributed by atoms with van der Waals surface area (Å²) in [4.78, 5) is 10.7. The summed E-state index contributed by atoms with van der Waals surface area (Å²) in [5.74, 6) is 0.134. The van der Waals surface area contributed by atoms with Crippen molar-refractivity contribution in [1.82, 2.24) is 15.0 Å². The lowest BCUT2D eigenvalue weighted by molar-refractivity contribution is 0.601.